The Morgan fingerprint density at radius 1 is 1.20 bits per heavy atom. The molecule has 2 atom stereocenters. The summed E-state index contributed by atoms with van der Waals surface area (Å²) in [4.78, 5) is 1.38. The minimum Gasteiger partial charge on any atom is -0.395 e. The molecule has 0 aromatic rings. The van der Waals surface area contributed by atoms with E-state index in [2.05, 4.69) is 0 Å². The third-order valence-corrected chi connectivity index (χ3v) is 1.32. The van der Waals surface area contributed by atoms with Crippen LogP contribution in [0.25, 0.3) is 0 Å². The van der Waals surface area contributed by atoms with Crippen LogP contribution in [0.3, 0.4) is 0 Å². The molecular weight excluding hydrogens is 134 g/mol. The second-order valence-corrected chi connectivity index (χ2v) is 2.23. The number of hydrogen-bond donors (Lipinski definition) is 3. The SMILES string of the molecule is CC(O)N(CCO)C(C)O. The molecule has 2 unspecified atom stereocenters. The van der Waals surface area contributed by atoms with E-state index < -0.39 is 12.5 Å². The van der Waals surface area contributed by atoms with Crippen molar-refractivity contribution in [3.8, 4) is 0 Å². The molecule has 0 aliphatic carbocycles. The molecule has 0 heterocycles. The Balaban J connectivity index is 3.73. The summed E-state index contributed by atoms with van der Waals surface area (Å²) in [7, 11) is 0. The van der Waals surface area contributed by atoms with Gasteiger partial charge < -0.3 is 15.3 Å². The van der Waals surface area contributed by atoms with Crippen LogP contribution in [-0.2, 0) is 0 Å². The monoisotopic (exact) mass is 149 g/mol. The Hall–Kier alpha value is -0.160. The van der Waals surface area contributed by atoms with Gasteiger partial charge in [-0.05, 0) is 13.8 Å². The smallest absolute Gasteiger partial charge is 0.106 e. The third kappa shape index (κ3) is 3.12. The summed E-state index contributed by atoms with van der Waals surface area (Å²) in [6, 6.07) is 0. The van der Waals surface area contributed by atoms with Crippen molar-refractivity contribution < 1.29 is 15.3 Å². The average molecular weight is 149 g/mol. The van der Waals surface area contributed by atoms with E-state index in [1.807, 2.05) is 0 Å². The van der Waals surface area contributed by atoms with Gasteiger partial charge in [-0.15, -0.1) is 0 Å². The first kappa shape index (κ1) is 9.84. The second kappa shape index (κ2) is 4.62. The van der Waals surface area contributed by atoms with Crippen LogP contribution in [0.5, 0.6) is 0 Å². The fourth-order valence-corrected chi connectivity index (χ4v) is 0.801. The lowest BCUT2D eigenvalue weighted by Gasteiger charge is -2.26. The lowest BCUT2D eigenvalue weighted by atomic mass is 10.4. The molecule has 0 aromatic carbocycles. The van der Waals surface area contributed by atoms with Crippen LogP contribution < -0.4 is 0 Å². The number of aliphatic hydroxyl groups excluding tert-OH is 3. The average Bonchev–Trinajstić information content (AvgIpc) is 1.81. The summed E-state index contributed by atoms with van der Waals surface area (Å²) >= 11 is 0. The molecule has 0 saturated heterocycles. The molecule has 4 nitrogen and oxygen atoms in total. The molecule has 0 rings (SSSR count). The van der Waals surface area contributed by atoms with Gasteiger partial charge in [-0.2, -0.15) is 0 Å². The van der Waals surface area contributed by atoms with Gasteiger partial charge in [-0.25, -0.2) is 0 Å². The van der Waals surface area contributed by atoms with Crippen LogP contribution in [0.4, 0.5) is 0 Å². The van der Waals surface area contributed by atoms with Crippen molar-refractivity contribution in [3.05, 3.63) is 0 Å². The van der Waals surface area contributed by atoms with Crippen molar-refractivity contribution in [3.63, 3.8) is 0 Å². The topological polar surface area (TPSA) is 63.9 Å². The van der Waals surface area contributed by atoms with Gasteiger partial charge in [0.1, 0.15) is 12.5 Å². The molecule has 0 aliphatic rings. The van der Waals surface area contributed by atoms with E-state index in [1.54, 1.807) is 13.8 Å². The molecule has 62 valence electrons. The summed E-state index contributed by atoms with van der Waals surface area (Å²) < 4.78 is 0. The molecule has 0 aliphatic heterocycles. The van der Waals surface area contributed by atoms with Crippen LogP contribution in [0.2, 0.25) is 0 Å². The van der Waals surface area contributed by atoms with Gasteiger partial charge in [0.15, 0.2) is 0 Å². The highest BCUT2D eigenvalue weighted by Crippen LogP contribution is 1.98. The highest BCUT2D eigenvalue weighted by Gasteiger charge is 2.14. The van der Waals surface area contributed by atoms with E-state index in [1.165, 1.54) is 4.90 Å². The molecule has 0 bridgehead atoms. The Bertz CT molecular complexity index is 77.1. The van der Waals surface area contributed by atoms with E-state index in [0.29, 0.717) is 0 Å². The van der Waals surface area contributed by atoms with Crippen molar-refractivity contribution in [2.24, 2.45) is 0 Å². The van der Waals surface area contributed by atoms with Gasteiger partial charge >= 0.3 is 0 Å². The minimum absolute atomic E-state index is 0.0597. The molecule has 0 radical (unpaired) electrons. The maximum atomic E-state index is 8.97. The summed E-state index contributed by atoms with van der Waals surface area (Å²) in [6.45, 7) is 3.32. The zero-order chi connectivity index (χ0) is 8.15. The minimum atomic E-state index is -0.716. The second-order valence-electron chi connectivity index (χ2n) is 2.23. The lowest BCUT2D eigenvalue weighted by molar-refractivity contribution is -0.0894. The normalized spacial score (nSPS) is 17.4. The summed E-state index contributed by atoms with van der Waals surface area (Å²) in [5.41, 5.74) is 0. The third-order valence-electron chi connectivity index (χ3n) is 1.32. The van der Waals surface area contributed by atoms with Crippen LogP contribution in [0, 0.1) is 0 Å². The highest BCUT2D eigenvalue weighted by atomic mass is 16.3. The Kier molecular flexibility index (Phi) is 4.55. The van der Waals surface area contributed by atoms with Gasteiger partial charge in [-0.3, -0.25) is 4.90 Å². The molecule has 0 aromatic heterocycles. The summed E-state index contributed by atoms with van der Waals surface area (Å²) in [5.74, 6) is 0. The maximum absolute atomic E-state index is 8.97. The summed E-state index contributed by atoms with van der Waals surface area (Å²) in [5, 5.41) is 26.4. The fraction of sp³-hybridized carbons (Fsp3) is 1.00. The van der Waals surface area contributed by atoms with E-state index in [4.69, 9.17) is 15.3 Å². The molecule has 0 saturated carbocycles. The first-order valence-electron chi connectivity index (χ1n) is 3.32. The van der Waals surface area contributed by atoms with Crippen molar-refractivity contribution in [2.45, 2.75) is 26.3 Å². The van der Waals surface area contributed by atoms with Crippen LogP contribution >= 0.6 is 0 Å². The van der Waals surface area contributed by atoms with Crippen molar-refractivity contribution >= 4 is 0 Å². The van der Waals surface area contributed by atoms with Gasteiger partial charge in [0, 0.05) is 6.54 Å². The van der Waals surface area contributed by atoms with E-state index in [9.17, 15) is 0 Å². The van der Waals surface area contributed by atoms with Crippen molar-refractivity contribution in [2.75, 3.05) is 13.2 Å². The Morgan fingerprint density at radius 2 is 1.60 bits per heavy atom. The quantitative estimate of drug-likeness (QED) is 0.447. The van der Waals surface area contributed by atoms with Crippen molar-refractivity contribution in [1.29, 1.82) is 0 Å². The lowest BCUT2D eigenvalue weighted by Crippen LogP contribution is -2.41. The molecule has 3 N–H and O–H groups in total. The Labute approximate surface area is 60.7 Å². The number of rotatable bonds is 4. The van der Waals surface area contributed by atoms with Crippen LogP contribution in [-0.4, -0.2) is 45.8 Å². The van der Waals surface area contributed by atoms with Gasteiger partial charge in [-0.1, -0.05) is 0 Å². The molecule has 4 heteroatoms. The highest BCUT2D eigenvalue weighted by molar-refractivity contribution is 4.57. The number of hydrogen-bond acceptors (Lipinski definition) is 4. The predicted molar refractivity (Wildman–Crippen MR) is 37.2 cm³/mol. The van der Waals surface area contributed by atoms with Gasteiger partial charge in [0.25, 0.3) is 0 Å². The van der Waals surface area contributed by atoms with Crippen LogP contribution in [0.15, 0.2) is 0 Å². The fourth-order valence-electron chi connectivity index (χ4n) is 0.801. The zero-order valence-corrected chi connectivity index (χ0v) is 6.36. The van der Waals surface area contributed by atoms with Crippen molar-refractivity contribution in [1.82, 2.24) is 4.90 Å². The first-order chi connectivity index (χ1) is 4.59. The standard InChI is InChI=1S/C6H15NO3/c1-5(9)7(3-4-8)6(2)10/h5-6,8-10H,3-4H2,1-2H3. The van der Waals surface area contributed by atoms with Gasteiger partial charge in [0.2, 0.25) is 0 Å². The predicted octanol–water partition coefficient (Wildman–Crippen LogP) is -1.04. The van der Waals surface area contributed by atoms with E-state index >= 15 is 0 Å². The van der Waals surface area contributed by atoms with E-state index in [0.717, 1.165) is 0 Å². The first-order valence-corrected chi connectivity index (χ1v) is 3.32. The molecule has 0 fully saturated rings. The Morgan fingerprint density at radius 3 is 1.70 bits per heavy atom. The number of aliphatic hydroxyl groups is 3. The van der Waals surface area contributed by atoms with Crippen LogP contribution in [0.1, 0.15) is 13.8 Å². The largest absolute Gasteiger partial charge is 0.395 e. The molecule has 0 spiro atoms. The zero-order valence-electron chi connectivity index (χ0n) is 6.36. The maximum Gasteiger partial charge on any atom is 0.106 e. The van der Waals surface area contributed by atoms with Gasteiger partial charge in [0.05, 0.1) is 6.61 Å². The summed E-state index contributed by atoms with van der Waals surface area (Å²) in [6.07, 6.45) is -1.43. The van der Waals surface area contributed by atoms with E-state index in [-0.39, 0.29) is 13.2 Å². The number of nitrogens with zero attached hydrogens (tertiary/aromatic N) is 1. The molecular formula is C6H15NO3. The molecule has 0 amide bonds. The molecule has 10 heavy (non-hydrogen) atoms.